The van der Waals surface area contributed by atoms with Crippen LogP contribution < -0.4 is 14.8 Å². The van der Waals surface area contributed by atoms with Gasteiger partial charge in [-0.2, -0.15) is 0 Å². The lowest BCUT2D eigenvalue weighted by Crippen LogP contribution is -2.52. The zero-order chi connectivity index (χ0) is 15.9. The van der Waals surface area contributed by atoms with Gasteiger partial charge >= 0.3 is 0 Å². The predicted molar refractivity (Wildman–Crippen MR) is 88.9 cm³/mol. The van der Waals surface area contributed by atoms with Crippen LogP contribution in [0, 0.1) is 0 Å². The second-order valence-electron chi connectivity index (χ2n) is 5.26. The molecule has 122 valence electrons. The quantitative estimate of drug-likeness (QED) is 0.811. The average Bonchev–Trinajstić information content (AvgIpc) is 2.55. The van der Waals surface area contributed by atoms with E-state index in [4.69, 9.17) is 9.47 Å². The molecule has 0 spiro atoms. The van der Waals surface area contributed by atoms with Crippen LogP contribution in [0.2, 0.25) is 0 Å². The van der Waals surface area contributed by atoms with Crippen molar-refractivity contribution >= 4 is 17.7 Å². The molecule has 1 saturated heterocycles. The Morgan fingerprint density at radius 2 is 2.14 bits per heavy atom. The summed E-state index contributed by atoms with van der Waals surface area (Å²) in [5.74, 6) is 2.44. The molecule has 0 bridgehead atoms. The van der Waals surface area contributed by atoms with Crippen LogP contribution in [0.15, 0.2) is 23.1 Å². The van der Waals surface area contributed by atoms with E-state index >= 15 is 0 Å². The van der Waals surface area contributed by atoms with E-state index in [9.17, 15) is 4.79 Å². The normalized spacial score (nSPS) is 18.1. The SMILES string of the molecule is COc1ccc(SCCC(=O)N2CCNC[C@H]2C)cc1OC. The second-order valence-corrected chi connectivity index (χ2v) is 6.42. The van der Waals surface area contributed by atoms with E-state index in [1.54, 1.807) is 26.0 Å². The summed E-state index contributed by atoms with van der Waals surface area (Å²) >= 11 is 1.66. The number of hydrogen-bond donors (Lipinski definition) is 1. The summed E-state index contributed by atoms with van der Waals surface area (Å²) in [5, 5.41) is 3.30. The van der Waals surface area contributed by atoms with Gasteiger partial charge in [-0.05, 0) is 25.1 Å². The monoisotopic (exact) mass is 324 g/mol. The minimum atomic E-state index is 0.238. The van der Waals surface area contributed by atoms with Gasteiger partial charge in [-0.15, -0.1) is 11.8 Å². The van der Waals surface area contributed by atoms with Crippen molar-refractivity contribution in [2.24, 2.45) is 0 Å². The Morgan fingerprint density at radius 3 is 2.82 bits per heavy atom. The zero-order valence-electron chi connectivity index (χ0n) is 13.4. The minimum absolute atomic E-state index is 0.238. The standard InChI is InChI=1S/C16H24N2O3S/c1-12-11-17-7-8-18(12)16(19)6-9-22-13-4-5-14(20-2)15(10-13)21-3/h4-5,10,12,17H,6-9,11H2,1-3H3/t12-/m1/s1. The maximum atomic E-state index is 12.3. The fraction of sp³-hybridized carbons (Fsp3) is 0.562. The van der Waals surface area contributed by atoms with Crippen LogP contribution in [0.5, 0.6) is 11.5 Å². The predicted octanol–water partition coefficient (Wildman–Crippen LogP) is 2.01. The lowest BCUT2D eigenvalue weighted by atomic mass is 10.2. The molecular weight excluding hydrogens is 300 g/mol. The Hall–Kier alpha value is -1.40. The van der Waals surface area contributed by atoms with Gasteiger partial charge in [0.1, 0.15) is 0 Å². The molecule has 5 nitrogen and oxygen atoms in total. The summed E-state index contributed by atoms with van der Waals surface area (Å²) in [6, 6.07) is 6.11. The Morgan fingerprint density at radius 1 is 1.36 bits per heavy atom. The molecule has 1 aliphatic heterocycles. The van der Waals surface area contributed by atoms with E-state index in [2.05, 4.69) is 12.2 Å². The van der Waals surface area contributed by atoms with Crippen LogP contribution >= 0.6 is 11.8 Å². The van der Waals surface area contributed by atoms with E-state index in [0.29, 0.717) is 6.42 Å². The highest BCUT2D eigenvalue weighted by atomic mass is 32.2. The zero-order valence-corrected chi connectivity index (χ0v) is 14.2. The van der Waals surface area contributed by atoms with Crippen molar-refractivity contribution in [3.05, 3.63) is 18.2 Å². The number of carbonyl (C=O) groups is 1. The van der Waals surface area contributed by atoms with Crippen LogP contribution in [0.25, 0.3) is 0 Å². The number of benzene rings is 1. The lowest BCUT2D eigenvalue weighted by molar-refractivity contribution is -0.133. The van der Waals surface area contributed by atoms with Gasteiger partial charge in [0.15, 0.2) is 11.5 Å². The second kappa shape index (κ2) is 8.29. The number of amides is 1. The van der Waals surface area contributed by atoms with Crippen LogP contribution in [-0.4, -0.2) is 56.5 Å². The molecule has 1 fully saturated rings. The molecule has 1 heterocycles. The molecule has 1 aromatic rings. The molecule has 0 aromatic heterocycles. The first kappa shape index (κ1) is 17.0. The first-order valence-electron chi connectivity index (χ1n) is 7.50. The number of methoxy groups -OCH3 is 2. The highest BCUT2D eigenvalue weighted by molar-refractivity contribution is 7.99. The number of thioether (sulfide) groups is 1. The van der Waals surface area contributed by atoms with E-state index in [1.807, 2.05) is 23.1 Å². The average molecular weight is 324 g/mol. The van der Waals surface area contributed by atoms with Gasteiger partial charge in [0.25, 0.3) is 0 Å². The van der Waals surface area contributed by atoms with Crippen molar-refractivity contribution in [2.75, 3.05) is 39.6 Å². The van der Waals surface area contributed by atoms with E-state index in [1.165, 1.54) is 0 Å². The molecule has 1 amide bonds. The molecule has 1 atom stereocenters. The number of rotatable bonds is 6. The first-order valence-corrected chi connectivity index (χ1v) is 8.49. The summed E-state index contributed by atoms with van der Waals surface area (Å²) in [6.07, 6.45) is 0.559. The molecule has 1 aliphatic rings. The van der Waals surface area contributed by atoms with Crippen molar-refractivity contribution in [1.29, 1.82) is 0 Å². The summed E-state index contributed by atoms with van der Waals surface area (Å²) in [5.41, 5.74) is 0. The fourth-order valence-corrected chi connectivity index (χ4v) is 3.38. The summed E-state index contributed by atoms with van der Waals surface area (Å²) in [7, 11) is 3.25. The van der Waals surface area contributed by atoms with Gasteiger partial charge in [-0.1, -0.05) is 0 Å². The molecular formula is C16H24N2O3S. The van der Waals surface area contributed by atoms with E-state index < -0.39 is 0 Å². The van der Waals surface area contributed by atoms with Gasteiger partial charge in [0.2, 0.25) is 5.91 Å². The lowest BCUT2D eigenvalue weighted by Gasteiger charge is -2.34. The molecule has 6 heteroatoms. The maximum absolute atomic E-state index is 12.3. The van der Waals surface area contributed by atoms with Crippen molar-refractivity contribution in [3.8, 4) is 11.5 Å². The number of nitrogens with one attached hydrogen (secondary N) is 1. The molecule has 0 saturated carbocycles. The molecule has 1 aromatic carbocycles. The third-order valence-electron chi connectivity index (χ3n) is 3.76. The van der Waals surface area contributed by atoms with Crippen molar-refractivity contribution in [1.82, 2.24) is 10.2 Å². The number of piperazine rings is 1. The van der Waals surface area contributed by atoms with Gasteiger partial charge in [-0.3, -0.25) is 4.79 Å². The van der Waals surface area contributed by atoms with Crippen molar-refractivity contribution in [3.63, 3.8) is 0 Å². The molecule has 1 N–H and O–H groups in total. The molecule has 0 unspecified atom stereocenters. The molecule has 2 rings (SSSR count). The van der Waals surface area contributed by atoms with Crippen molar-refractivity contribution < 1.29 is 14.3 Å². The van der Waals surface area contributed by atoms with Gasteiger partial charge < -0.3 is 19.7 Å². The smallest absolute Gasteiger partial charge is 0.223 e. The minimum Gasteiger partial charge on any atom is -0.493 e. The van der Waals surface area contributed by atoms with Crippen molar-refractivity contribution in [2.45, 2.75) is 24.3 Å². The van der Waals surface area contributed by atoms with Crippen LogP contribution in [0.3, 0.4) is 0 Å². The topological polar surface area (TPSA) is 50.8 Å². The molecule has 0 aliphatic carbocycles. The first-order chi connectivity index (χ1) is 10.7. The number of carbonyl (C=O) groups excluding carboxylic acids is 1. The largest absolute Gasteiger partial charge is 0.493 e. The van der Waals surface area contributed by atoms with Gasteiger partial charge in [-0.25, -0.2) is 0 Å². The Balaban J connectivity index is 1.84. The Bertz CT molecular complexity index is 510. The van der Waals surface area contributed by atoms with Crippen LogP contribution in [-0.2, 0) is 4.79 Å². The van der Waals surface area contributed by atoms with E-state index in [-0.39, 0.29) is 11.9 Å². The third kappa shape index (κ3) is 4.30. The maximum Gasteiger partial charge on any atom is 0.223 e. The summed E-state index contributed by atoms with van der Waals surface area (Å²) in [6.45, 7) is 4.67. The van der Waals surface area contributed by atoms with Gasteiger partial charge in [0, 0.05) is 42.7 Å². The van der Waals surface area contributed by atoms with Gasteiger partial charge in [0.05, 0.1) is 14.2 Å². The molecule has 22 heavy (non-hydrogen) atoms. The summed E-state index contributed by atoms with van der Waals surface area (Å²) < 4.78 is 10.5. The Labute approximate surface area is 136 Å². The third-order valence-corrected chi connectivity index (χ3v) is 4.76. The number of nitrogens with zero attached hydrogens (tertiary/aromatic N) is 1. The number of ether oxygens (including phenoxy) is 2. The highest BCUT2D eigenvalue weighted by Crippen LogP contribution is 2.32. The molecule has 0 radical (unpaired) electrons. The van der Waals surface area contributed by atoms with E-state index in [0.717, 1.165) is 41.8 Å². The van der Waals surface area contributed by atoms with Crippen LogP contribution in [0.1, 0.15) is 13.3 Å². The van der Waals surface area contributed by atoms with Crippen LogP contribution in [0.4, 0.5) is 0 Å². The fourth-order valence-electron chi connectivity index (χ4n) is 2.52. The number of hydrogen-bond acceptors (Lipinski definition) is 5. The highest BCUT2D eigenvalue weighted by Gasteiger charge is 2.22. The Kier molecular flexibility index (Phi) is 6.39. The summed E-state index contributed by atoms with van der Waals surface area (Å²) in [4.78, 5) is 15.3.